The Morgan fingerprint density at radius 1 is 0.278 bits per heavy atom. The van der Waals surface area contributed by atoms with Gasteiger partial charge in [0.1, 0.15) is 13.2 Å². The molecule has 0 aromatic carbocycles. The maximum Gasteiger partial charge on any atom is 0.306 e. The number of ether oxygens (including phenoxy) is 3. The molecule has 6 nitrogen and oxygen atoms in total. The van der Waals surface area contributed by atoms with Crippen molar-refractivity contribution in [3.05, 3.63) is 60.8 Å². The first-order valence-corrected chi connectivity index (χ1v) is 31.3. The third kappa shape index (κ3) is 58.0. The van der Waals surface area contributed by atoms with E-state index in [0.29, 0.717) is 19.3 Å². The summed E-state index contributed by atoms with van der Waals surface area (Å²) in [5.41, 5.74) is 0. The second-order valence-electron chi connectivity index (χ2n) is 21.0. The Kier molecular flexibility index (Phi) is 58.2. The number of hydrogen-bond donors (Lipinski definition) is 0. The van der Waals surface area contributed by atoms with Crippen LogP contribution in [0.1, 0.15) is 323 Å². The van der Waals surface area contributed by atoms with E-state index in [1.807, 2.05) is 0 Å². The van der Waals surface area contributed by atoms with Crippen molar-refractivity contribution < 1.29 is 28.6 Å². The SMILES string of the molecule is CCCCC/C=C/C/C=C/C/C=C/C/C=C/CCCCCC(=O)OC[C@@H](COC(=O)CCCCCCCCC/C=C/CCCCCCCC)OC(=O)CCCCCCCCCCCCCCCCCCCC. The van der Waals surface area contributed by atoms with Crippen LogP contribution in [0.2, 0.25) is 0 Å². The van der Waals surface area contributed by atoms with E-state index in [9.17, 15) is 14.4 Å². The van der Waals surface area contributed by atoms with Gasteiger partial charge in [-0.25, -0.2) is 0 Å². The van der Waals surface area contributed by atoms with Crippen LogP contribution >= 0.6 is 0 Å². The van der Waals surface area contributed by atoms with E-state index in [1.54, 1.807) is 0 Å². The van der Waals surface area contributed by atoms with Crippen molar-refractivity contribution in [3.63, 3.8) is 0 Å². The lowest BCUT2D eigenvalue weighted by atomic mass is 10.0. The summed E-state index contributed by atoms with van der Waals surface area (Å²) in [5.74, 6) is -0.902. The molecule has 0 aliphatic heterocycles. The molecule has 0 aromatic heterocycles. The predicted octanol–water partition coefficient (Wildman–Crippen LogP) is 21.2. The Morgan fingerprint density at radius 3 is 0.833 bits per heavy atom. The third-order valence-corrected chi connectivity index (χ3v) is 13.7. The van der Waals surface area contributed by atoms with Gasteiger partial charge in [0.05, 0.1) is 0 Å². The van der Waals surface area contributed by atoms with Crippen molar-refractivity contribution >= 4 is 17.9 Å². The lowest BCUT2D eigenvalue weighted by molar-refractivity contribution is -0.167. The summed E-state index contributed by atoms with van der Waals surface area (Å²) < 4.78 is 16.9. The van der Waals surface area contributed by atoms with Crippen LogP contribution < -0.4 is 0 Å². The number of allylic oxidation sites excluding steroid dienone is 10. The molecule has 0 fully saturated rings. The van der Waals surface area contributed by atoms with E-state index in [4.69, 9.17) is 14.2 Å². The summed E-state index contributed by atoms with van der Waals surface area (Å²) in [6.45, 7) is 6.62. The van der Waals surface area contributed by atoms with Crippen LogP contribution in [-0.4, -0.2) is 37.2 Å². The third-order valence-electron chi connectivity index (χ3n) is 13.7. The molecule has 72 heavy (non-hydrogen) atoms. The predicted molar refractivity (Wildman–Crippen MR) is 312 cm³/mol. The van der Waals surface area contributed by atoms with Gasteiger partial charge in [-0.3, -0.25) is 14.4 Å². The summed E-state index contributed by atoms with van der Waals surface area (Å²) in [6, 6.07) is 0. The van der Waals surface area contributed by atoms with Gasteiger partial charge in [-0.2, -0.15) is 0 Å². The van der Waals surface area contributed by atoms with Crippen molar-refractivity contribution in [3.8, 4) is 0 Å². The van der Waals surface area contributed by atoms with Crippen LogP contribution in [0.15, 0.2) is 60.8 Å². The van der Waals surface area contributed by atoms with E-state index < -0.39 is 6.10 Å². The summed E-state index contributed by atoms with van der Waals surface area (Å²) in [7, 11) is 0. The second-order valence-corrected chi connectivity index (χ2v) is 21.0. The zero-order chi connectivity index (χ0) is 52.2. The number of esters is 3. The second kappa shape index (κ2) is 60.7. The zero-order valence-corrected chi connectivity index (χ0v) is 47.9. The monoisotopic (exact) mass is 1010 g/mol. The smallest absolute Gasteiger partial charge is 0.306 e. The van der Waals surface area contributed by atoms with E-state index in [-0.39, 0.29) is 31.1 Å². The van der Waals surface area contributed by atoms with Gasteiger partial charge < -0.3 is 14.2 Å². The van der Waals surface area contributed by atoms with E-state index in [1.165, 1.54) is 199 Å². The number of carbonyl (C=O) groups is 3. The summed E-state index contributed by atoms with van der Waals surface area (Å²) in [4.78, 5) is 38.3. The molecular formula is C66H118O6. The molecule has 418 valence electrons. The molecule has 0 aromatic rings. The zero-order valence-electron chi connectivity index (χ0n) is 47.9. The molecule has 0 rings (SSSR count). The first kappa shape index (κ1) is 69.1. The lowest BCUT2D eigenvalue weighted by Gasteiger charge is -2.18. The number of hydrogen-bond acceptors (Lipinski definition) is 6. The molecule has 0 aliphatic carbocycles. The van der Waals surface area contributed by atoms with E-state index in [0.717, 1.165) is 83.5 Å². The van der Waals surface area contributed by atoms with Gasteiger partial charge in [0.2, 0.25) is 0 Å². The number of carbonyl (C=O) groups excluding carboxylic acids is 3. The molecule has 0 heterocycles. The average molecular weight is 1010 g/mol. The minimum atomic E-state index is -0.788. The highest BCUT2D eigenvalue weighted by Crippen LogP contribution is 2.17. The summed E-state index contributed by atoms with van der Waals surface area (Å²) >= 11 is 0. The van der Waals surface area contributed by atoms with Gasteiger partial charge in [0.25, 0.3) is 0 Å². The Bertz CT molecular complexity index is 1290. The van der Waals surface area contributed by atoms with Crippen molar-refractivity contribution in [2.75, 3.05) is 13.2 Å². The topological polar surface area (TPSA) is 78.9 Å². The van der Waals surface area contributed by atoms with E-state index in [2.05, 4.69) is 81.5 Å². The first-order chi connectivity index (χ1) is 35.5. The average Bonchev–Trinajstić information content (AvgIpc) is 3.38. The van der Waals surface area contributed by atoms with Crippen LogP contribution in [0.4, 0.5) is 0 Å². The van der Waals surface area contributed by atoms with Crippen molar-refractivity contribution in [1.82, 2.24) is 0 Å². The van der Waals surface area contributed by atoms with E-state index >= 15 is 0 Å². The van der Waals surface area contributed by atoms with Crippen LogP contribution in [-0.2, 0) is 28.6 Å². The number of rotatable bonds is 57. The fourth-order valence-electron chi connectivity index (χ4n) is 9.01. The Balaban J connectivity index is 4.41. The minimum Gasteiger partial charge on any atom is -0.462 e. The Labute approximate surface area is 447 Å². The van der Waals surface area contributed by atoms with Gasteiger partial charge in [0, 0.05) is 19.3 Å². The highest BCUT2D eigenvalue weighted by atomic mass is 16.6. The van der Waals surface area contributed by atoms with Crippen molar-refractivity contribution in [1.29, 1.82) is 0 Å². The van der Waals surface area contributed by atoms with Crippen LogP contribution in [0.3, 0.4) is 0 Å². The van der Waals surface area contributed by atoms with Crippen molar-refractivity contribution in [2.24, 2.45) is 0 Å². The van der Waals surface area contributed by atoms with Crippen molar-refractivity contribution in [2.45, 2.75) is 329 Å². The molecule has 0 bridgehead atoms. The maximum atomic E-state index is 12.9. The molecule has 0 radical (unpaired) electrons. The van der Waals surface area contributed by atoms with Gasteiger partial charge >= 0.3 is 17.9 Å². The summed E-state index contributed by atoms with van der Waals surface area (Å²) in [5, 5.41) is 0. The fraction of sp³-hybridized carbons (Fsp3) is 0.803. The largest absolute Gasteiger partial charge is 0.462 e. The molecule has 0 saturated carbocycles. The molecule has 0 N–H and O–H groups in total. The molecule has 1 atom stereocenters. The maximum absolute atomic E-state index is 12.9. The van der Waals surface area contributed by atoms with Gasteiger partial charge in [-0.15, -0.1) is 0 Å². The summed E-state index contributed by atoms with van der Waals surface area (Å²) in [6.07, 6.45) is 76.4. The standard InChI is InChI=1S/C66H118O6/c1-4-7-10-13-16-19-22-25-28-31-33-36-38-41-44-47-50-53-56-59-65(68)71-62-63(61-70-64(67)58-55-52-49-46-43-40-37-34-30-27-24-21-18-15-12-9-6-3)72-66(69)60-57-54-51-48-45-42-39-35-32-29-26-23-20-17-14-11-8-5-2/h16,19,25,27-28,30,33,36,41,44,63H,4-15,17-18,20-24,26,29,31-32,34-35,37-40,42-43,45-62H2,1-3H3/b19-16+,28-25+,30-27+,36-33+,44-41+/t63-/m1/s1. The molecule has 0 aliphatic rings. The Morgan fingerprint density at radius 2 is 0.500 bits per heavy atom. The lowest BCUT2D eigenvalue weighted by Crippen LogP contribution is -2.30. The molecule has 6 heteroatoms. The normalized spacial score (nSPS) is 12.4. The van der Waals surface area contributed by atoms with Crippen LogP contribution in [0.5, 0.6) is 0 Å². The highest BCUT2D eigenvalue weighted by molar-refractivity contribution is 5.71. The highest BCUT2D eigenvalue weighted by Gasteiger charge is 2.19. The minimum absolute atomic E-state index is 0.0839. The quantitative estimate of drug-likeness (QED) is 0.0261. The first-order valence-electron chi connectivity index (χ1n) is 31.3. The molecule has 0 spiro atoms. The number of unbranched alkanes of at least 4 members (excludes halogenated alkanes) is 36. The Hall–Kier alpha value is -2.89. The molecule has 0 amide bonds. The van der Waals surface area contributed by atoms with Crippen LogP contribution in [0, 0.1) is 0 Å². The van der Waals surface area contributed by atoms with Gasteiger partial charge in [-0.1, -0.05) is 274 Å². The van der Waals surface area contributed by atoms with Crippen LogP contribution in [0.25, 0.3) is 0 Å². The molecule has 0 unspecified atom stereocenters. The van der Waals surface area contributed by atoms with Gasteiger partial charge in [0.15, 0.2) is 6.10 Å². The fourth-order valence-corrected chi connectivity index (χ4v) is 9.01. The molecular weight excluding hydrogens is 889 g/mol. The molecule has 0 saturated heterocycles. The van der Waals surface area contributed by atoms with Gasteiger partial charge in [-0.05, 0) is 89.9 Å².